The highest BCUT2D eigenvalue weighted by molar-refractivity contribution is 5.93. The maximum absolute atomic E-state index is 11.3. The molecule has 1 heterocycles. The van der Waals surface area contributed by atoms with Crippen LogP contribution in [0, 0.1) is 0 Å². The third-order valence-electron chi connectivity index (χ3n) is 3.24. The van der Waals surface area contributed by atoms with Crippen molar-refractivity contribution < 1.29 is 9.90 Å². The molecule has 0 aromatic heterocycles. The lowest BCUT2D eigenvalue weighted by molar-refractivity contribution is -0.143. The van der Waals surface area contributed by atoms with Crippen LogP contribution in [0.1, 0.15) is 31.7 Å². The maximum Gasteiger partial charge on any atom is 0.331 e. The summed E-state index contributed by atoms with van der Waals surface area (Å²) >= 11 is 0. The van der Waals surface area contributed by atoms with Gasteiger partial charge in [0.2, 0.25) is 0 Å². The molecule has 0 radical (unpaired) electrons. The van der Waals surface area contributed by atoms with Gasteiger partial charge in [-0.15, -0.1) is 0 Å². The number of nitrogens with zero attached hydrogens (tertiary/aromatic N) is 1. The Hall–Kier alpha value is -1.64. The van der Waals surface area contributed by atoms with Gasteiger partial charge in [0.1, 0.15) is 0 Å². The molecule has 2 atom stereocenters. The Morgan fingerprint density at radius 1 is 1.44 bits per heavy atom. The molecule has 1 aromatic carbocycles. The first-order valence-corrected chi connectivity index (χ1v) is 5.37. The molecule has 0 aliphatic carbocycles. The minimum atomic E-state index is -1.01. The minimum Gasteiger partial charge on any atom is -0.479 e. The second-order valence-electron chi connectivity index (χ2n) is 4.47. The topological polar surface area (TPSA) is 49.7 Å². The van der Waals surface area contributed by atoms with Crippen LogP contribution in [0.3, 0.4) is 0 Å². The number of benzene rings is 1. The van der Waals surface area contributed by atoms with E-state index in [0.29, 0.717) is 0 Å². The van der Waals surface area contributed by atoms with Gasteiger partial charge in [0.25, 0.3) is 0 Å². The zero-order valence-corrected chi connectivity index (χ0v) is 9.47. The highest BCUT2D eigenvalue weighted by Gasteiger charge is 2.46. The molecule has 1 aliphatic rings. The first kappa shape index (κ1) is 10.9. The van der Waals surface area contributed by atoms with Gasteiger partial charge in [-0.1, -0.05) is 30.3 Å². The van der Waals surface area contributed by atoms with Crippen molar-refractivity contribution >= 4 is 11.7 Å². The fraction of sp³-hybridized carbons (Fsp3) is 0.385. The summed E-state index contributed by atoms with van der Waals surface area (Å²) in [5, 5.41) is 9.31. The van der Waals surface area contributed by atoms with Crippen LogP contribution in [-0.2, 0) is 4.79 Å². The van der Waals surface area contributed by atoms with Crippen LogP contribution in [0.2, 0.25) is 0 Å². The lowest BCUT2D eigenvalue weighted by Gasteiger charge is -2.25. The number of carboxylic acid groups (broad SMARTS) is 1. The van der Waals surface area contributed by atoms with Crippen molar-refractivity contribution in [2.24, 2.45) is 4.99 Å². The number of hydrogen-bond donors (Lipinski definition) is 1. The van der Waals surface area contributed by atoms with Gasteiger partial charge >= 0.3 is 5.97 Å². The summed E-state index contributed by atoms with van der Waals surface area (Å²) in [5.74, 6) is -0.899. The molecule has 0 saturated heterocycles. The van der Waals surface area contributed by atoms with E-state index in [2.05, 4.69) is 4.99 Å². The number of aliphatic imine (C=N–C) groups is 1. The first-order chi connectivity index (χ1) is 7.54. The molecule has 84 valence electrons. The second-order valence-corrected chi connectivity index (χ2v) is 4.47. The molecule has 1 aromatic rings. The number of hydrogen-bond acceptors (Lipinski definition) is 2. The molecule has 2 unspecified atom stereocenters. The maximum atomic E-state index is 11.3. The van der Waals surface area contributed by atoms with E-state index in [1.165, 1.54) is 0 Å². The van der Waals surface area contributed by atoms with Crippen LogP contribution in [0.15, 0.2) is 35.3 Å². The molecule has 16 heavy (non-hydrogen) atoms. The molecule has 1 aliphatic heterocycles. The van der Waals surface area contributed by atoms with Crippen molar-refractivity contribution in [3.63, 3.8) is 0 Å². The van der Waals surface area contributed by atoms with Crippen LogP contribution >= 0.6 is 0 Å². The summed E-state index contributed by atoms with van der Waals surface area (Å²) in [6.45, 7) is 3.59. The lowest BCUT2D eigenvalue weighted by Crippen LogP contribution is -2.36. The molecule has 2 rings (SSSR count). The van der Waals surface area contributed by atoms with Gasteiger partial charge in [-0.2, -0.15) is 0 Å². The summed E-state index contributed by atoms with van der Waals surface area (Å²) in [5.41, 5.74) is 0.956. The van der Waals surface area contributed by atoms with Crippen molar-refractivity contribution in [1.29, 1.82) is 0 Å². The average molecular weight is 217 g/mol. The molecule has 0 saturated carbocycles. The minimum absolute atomic E-state index is 0.0498. The normalized spacial score (nSPS) is 28.9. The van der Waals surface area contributed by atoms with E-state index < -0.39 is 11.5 Å². The Kier molecular flexibility index (Phi) is 2.54. The van der Waals surface area contributed by atoms with Gasteiger partial charge in [-0.3, -0.25) is 4.99 Å². The van der Waals surface area contributed by atoms with E-state index in [0.717, 1.165) is 17.7 Å². The standard InChI is InChI=1S/C13H15NO2/c1-9-8-11(10-6-4-3-5-7-10)13(2,14-9)12(15)16/h3-7,11H,8H2,1-2H3,(H,15,16). The number of carbonyl (C=O) groups is 1. The van der Waals surface area contributed by atoms with Gasteiger partial charge in [0.15, 0.2) is 5.54 Å². The smallest absolute Gasteiger partial charge is 0.331 e. The lowest BCUT2D eigenvalue weighted by atomic mass is 9.81. The van der Waals surface area contributed by atoms with Gasteiger partial charge < -0.3 is 5.11 Å². The van der Waals surface area contributed by atoms with Crippen LogP contribution in [0.4, 0.5) is 0 Å². The van der Waals surface area contributed by atoms with Crippen LogP contribution in [-0.4, -0.2) is 22.3 Å². The van der Waals surface area contributed by atoms with Crippen LogP contribution < -0.4 is 0 Å². The van der Waals surface area contributed by atoms with E-state index in [4.69, 9.17) is 0 Å². The average Bonchev–Trinajstić information content (AvgIpc) is 2.57. The quantitative estimate of drug-likeness (QED) is 0.827. The summed E-state index contributed by atoms with van der Waals surface area (Å²) < 4.78 is 0. The fourth-order valence-corrected chi connectivity index (χ4v) is 2.34. The number of aliphatic carboxylic acids is 1. The molecule has 3 nitrogen and oxygen atoms in total. The fourth-order valence-electron chi connectivity index (χ4n) is 2.34. The van der Waals surface area contributed by atoms with Crippen LogP contribution in [0.5, 0.6) is 0 Å². The molecule has 1 N–H and O–H groups in total. The molecule has 0 fully saturated rings. The van der Waals surface area contributed by atoms with E-state index in [9.17, 15) is 9.90 Å². The zero-order chi connectivity index (χ0) is 11.8. The van der Waals surface area contributed by atoms with Crippen molar-refractivity contribution in [3.05, 3.63) is 35.9 Å². The monoisotopic (exact) mass is 217 g/mol. The van der Waals surface area contributed by atoms with E-state index in [1.807, 2.05) is 37.3 Å². The van der Waals surface area contributed by atoms with Gasteiger partial charge in [-0.05, 0) is 25.8 Å². The van der Waals surface area contributed by atoms with Gasteiger partial charge in [-0.25, -0.2) is 4.79 Å². The third-order valence-corrected chi connectivity index (χ3v) is 3.24. The number of carboxylic acids is 1. The largest absolute Gasteiger partial charge is 0.479 e. The Morgan fingerprint density at radius 2 is 2.06 bits per heavy atom. The van der Waals surface area contributed by atoms with E-state index in [-0.39, 0.29) is 5.92 Å². The van der Waals surface area contributed by atoms with Crippen molar-refractivity contribution in [3.8, 4) is 0 Å². The highest BCUT2D eigenvalue weighted by atomic mass is 16.4. The third kappa shape index (κ3) is 1.62. The predicted octanol–water partition coefficient (Wildman–Crippen LogP) is 2.48. The molecule has 0 bridgehead atoms. The summed E-state index contributed by atoms with van der Waals surface area (Å²) in [6, 6.07) is 9.75. The van der Waals surface area contributed by atoms with Crippen molar-refractivity contribution in [1.82, 2.24) is 0 Å². The predicted molar refractivity (Wildman–Crippen MR) is 62.9 cm³/mol. The molecule has 0 spiro atoms. The van der Waals surface area contributed by atoms with Gasteiger partial charge in [0.05, 0.1) is 0 Å². The Morgan fingerprint density at radius 3 is 2.62 bits per heavy atom. The molecular formula is C13H15NO2. The Balaban J connectivity index is 2.41. The zero-order valence-electron chi connectivity index (χ0n) is 9.47. The SMILES string of the molecule is CC1=NC(C)(C(=O)O)C(c2ccccc2)C1. The van der Waals surface area contributed by atoms with Gasteiger partial charge in [0, 0.05) is 11.6 Å². The summed E-state index contributed by atoms with van der Waals surface area (Å²) in [7, 11) is 0. The molecular weight excluding hydrogens is 202 g/mol. The highest BCUT2D eigenvalue weighted by Crippen LogP contribution is 2.40. The van der Waals surface area contributed by atoms with E-state index in [1.54, 1.807) is 6.92 Å². The van der Waals surface area contributed by atoms with Crippen molar-refractivity contribution in [2.45, 2.75) is 31.7 Å². The van der Waals surface area contributed by atoms with Crippen LogP contribution in [0.25, 0.3) is 0 Å². The van der Waals surface area contributed by atoms with Crippen molar-refractivity contribution in [2.75, 3.05) is 0 Å². The van der Waals surface area contributed by atoms with E-state index >= 15 is 0 Å². The number of rotatable bonds is 2. The Labute approximate surface area is 94.8 Å². The molecule has 0 amide bonds. The molecule has 3 heteroatoms. The second kappa shape index (κ2) is 3.74. The summed E-state index contributed by atoms with van der Waals surface area (Å²) in [6.07, 6.45) is 0.729. The summed E-state index contributed by atoms with van der Waals surface area (Å²) in [4.78, 5) is 15.6. The first-order valence-electron chi connectivity index (χ1n) is 5.37. The Bertz CT molecular complexity index is 439.